The summed E-state index contributed by atoms with van der Waals surface area (Å²) in [6, 6.07) is 2.46. The number of benzene rings is 1. The lowest BCUT2D eigenvalue weighted by atomic mass is 10.1. The van der Waals surface area contributed by atoms with Crippen molar-refractivity contribution >= 4 is 28.0 Å². The van der Waals surface area contributed by atoms with Crippen molar-refractivity contribution in [2.24, 2.45) is 0 Å². The third kappa shape index (κ3) is 3.50. The van der Waals surface area contributed by atoms with Gasteiger partial charge in [0.1, 0.15) is 17.5 Å². The van der Waals surface area contributed by atoms with Crippen molar-refractivity contribution in [3.63, 3.8) is 0 Å². The highest BCUT2D eigenvalue weighted by Gasteiger charge is 2.46. The van der Waals surface area contributed by atoms with Gasteiger partial charge in [0.25, 0.3) is 0 Å². The van der Waals surface area contributed by atoms with Crippen molar-refractivity contribution in [2.75, 3.05) is 6.61 Å². The average molecular weight is 352 g/mol. The van der Waals surface area contributed by atoms with Crippen molar-refractivity contribution in [3.8, 4) is 0 Å². The van der Waals surface area contributed by atoms with Crippen LogP contribution >= 0.6 is 11.6 Å². The van der Waals surface area contributed by atoms with E-state index in [2.05, 4.69) is 4.18 Å². The quantitative estimate of drug-likeness (QED) is 0.777. The third-order valence-corrected chi connectivity index (χ3v) is 4.44. The number of nitrogens with zero attached hydrogens (tertiary/aromatic N) is 1. The molecule has 1 aromatic carbocycles. The fraction of sp³-hybridized carbons (Fsp3) is 0.462. The molecule has 1 saturated heterocycles. The van der Waals surface area contributed by atoms with Crippen molar-refractivity contribution in [1.82, 2.24) is 4.31 Å². The predicted octanol–water partition coefficient (Wildman–Crippen LogP) is 3.03. The van der Waals surface area contributed by atoms with Crippen LogP contribution in [0.1, 0.15) is 32.4 Å². The summed E-state index contributed by atoms with van der Waals surface area (Å²) in [6.45, 7) is 4.50. The lowest BCUT2D eigenvalue weighted by Crippen LogP contribution is -2.39. The van der Waals surface area contributed by atoms with Crippen molar-refractivity contribution in [2.45, 2.75) is 32.4 Å². The number of carbonyl (C=O) groups excluding carboxylic acids is 1. The van der Waals surface area contributed by atoms with E-state index < -0.39 is 33.9 Å². The molecule has 22 heavy (non-hydrogen) atoms. The van der Waals surface area contributed by atoms with Gasteiger partial charge in [-0.1, -0.05) is 17.7 Å². The zero-order valence-electron chi connectivity index (χ0n) is 12.2. The van der Waals surface area contributed by atoms with Gasteiger partial charge < -0.3 is 4.74 Å². The van der Waals surface area contributed by atoms with Crippen LogP contribution in [-0.2, 0) is 19.2 Å². The Morgan fingerprint density at radius 2 is 2.09 bits per heavy atom. The smallest absolute Gasteiger partial charge is 0.426 e. The summed E-state index contributed by atoms with van der Waals surface area (Å²) in [5, 5.41) is -0.000686. The monoisotopic (exact) mass is 351 g/mol. The number of carbonyl (C=O) groups is 1. The van der Waals surface area contributed by atoms with Gasteiger partial charge in [0.15, 0.2) is 0 Å². The van der Waals surface area contributed by atoms with Gasteiger partial charge in [-0.05, 0) is 38.5 Å². The molecule has 1 aliphatic heterocycles. The summed E-state index contributed by atoms with van der Waals surface area (Å²) in [6.07, 6.45) is -1.07. The molecule has 0 unspecified atom stereocenters. The first kappa shape index (κ1) is 17.0. The SMILES string of the molecule is CC(C)(C)OC(=O)N1[C@@H](c2ccc(F)cc2Cl)COS1(=O)=O. The van der Waals surface area contributed by atoms with Gasteiger partial charge in [-0.15, -0.1) is 0 Å². The van der Waals surface area contributed by atoms with E-state index in [-0.39, 0.29) is 17.2 Å². The van der Waals surface area contributed by atoms with E-state index in [9.17, 15) is 17.6 Å². The first-order valence-corrected chi connectivity index (χ1v) is 8.12. The second-order valence-electron chi connectivity index (χ2n) is 5.70. The van der Waals surface area contributed by atoms with E-state index in [0.29, 0.717) is 4.31 Å². The Morgan fingerprint density at radius 3 is 2.64 bits per heavy atom. The van der Waals surface area contributed by atoms with Crippen LogP contribution in [0.3, 0.4) is 0 Å². The standard InChI is InChI=1S/C13H15ClFNO5S/c1-13(2,3)21-12(17)16-11(7-20-22(16,18)19)9-5-4-8(15)6-10(9)14/h4-6,11H,7H2,1-3H3/t11-/m1/s1. The van der Waals surface area contributed by atoms with Gasteiger partial charge in [-0.3, -0.25) is 4.18 Å². The number of halogens is 2. The first-order valence-electron chi connectivity index (χ1n) is 6.38. The lowest BCUT2D eigenvalue weighted by molar-refractivity contribution is 0.0356. The highest BCUT2D eigenvalue weighted by atomic mass is 35.5. The number of rotatable bonds is 1. The Kier molecular flexibility index (Phi) is 4.38. The van der Waals surface area contributed by atoms with E-state index in [1.165, 1.54) is 6.07 Å². The summed E-state index contributed by atoms with van der Waals surface area (Å²) in [5.41, 5.74) is -0.623. The molecule has 6 nitrogen and oxygen atoms in total. The van der Waals surface area contributed by atoms with Crippen LogP contribution in [0, 0.1) is 5.82 Å². The van der Waals surface area contributed by atoms with E-state index in [1.807, 2.05) is 0 Å². The minimum atomic E-state index is -4.28. The van der Waals surface area contributed by atoms with Crippen molar-refractivity contribution in [3.05, 3.63) is 34.6 Å². The third-order valence-electron chi connectivity index (χ3n) is 2.79. The molecule has 9 heteroatoms. The Morgan fingerprint density at radius 1 is 1.45 bits per heavy atom. The second-order valence-corrected chi connectivity index (χ2v) is 7.59. The van der Waals surface area contributed by atoms with E-state index in [4.69, 9.17) is 16.3 Å². The first-order chi connectivity index (χ1) is 10.0. The molecule has 2 rings (SSSR count). The Balaban J connectivity index is 2.40. The molecule has 1 atom stereocenters. The maximum absolute atomic E-state index is 13.1. The number of hydrogen-bond donors (Lipinski definition) is 0. The summed E-state index contributed by atoms with van der Waals surface area (Å²) < 4.78 is 47.3. The van der Waals surface area contributed by atoms with E-state index >= 15 is 0 Å². The minimum absolute atomic E-state index is 0.000686. The molecular formula is C13H15ClFNO5S. The van der Waals surface area contributed by atoms with Crippen LogP contribution < -0.4 is 0 Å². The zero-order chi connectivity index (χ0) is 16.7. The minimum Gasteiger partial charge on any atom is -0.443 e. The molecule has 1 aliphatic rings. The van der Waals surface area contributed by atoms with Crippen LogP contribution in [0.5, 0.6) is 0 Å². The molecule has 0 N–H and O–H groups in total. The molecule has 1 aromatic rings. The molecule has 0 aromatic heterocycles. The second kappa shape index (κ2) is 5.68. The predicted molar refractivity (Wildman–Crippen MR) is 77.1 cm³/mol. The fourth-order valence-corrected chi connectivity index (χ4v) is 3.36. The Hall–Kier alpha value is -1.38. The van der Waals surface area contributed by atoms with Crippen LogP contribution in [0.25, 0.3) is 0 Å². The maximum Gasteiger partial charge on any atom is 0.426 e. The average Bonchev–Trinajstić information content (AvgIpc) is 2.62. The molecular weight excluding hydrogens is 337 g/mol. The molecule has 1 amide bonds. The van der Waals surface area contributed by atoms with Gasteiger partial charge in [-0.25, -0.2) is 9.18 Å². The number of ether oxygens (including phenoxy) is 1. The van der Waals surface area contributed by atoms with Crippen LogP contribution in [0.15, 0.2) is 18.2 Å². The normalized spacial score (nSPS) is 21.0. The van der Waals surface area contributed by atoms with Crippen LogP contribution in [0.4, 0.5) is 9.18 Å². The summed E-state index contributed by atoms with van der Waals surface area (Å²) in [4.78, 5) is 12.2. The zero-order valence-corrected chi connectivity index (χ0v) is 13.7. The van der Waals surface area contributed by atoms with Gasteiger partial charge >= 0.3 is 16.4 Å². The highest BCUT2D eigenvalue weighted by Crippen LogP contribution is 2.36. The topological polar surface area (TPSA) is 72.9 Å². The molecule has 0 aliphatic carbocycles. The van der Waals surface area contributed by atoms with Crippen LogP contribution in [0.2, 0.25) is 5.02 Å². The largest absolute Gasteiger partial charge is 0.443 e. The number of amides is 1. The highest BCUT2D eigenvalue weighted by molar-refractivity contribution is 7.85. The molecule has 1 fully saturated rings. The molecule has 0 radical (unpaired) electrons. The van der Waals surface area contributed by atoms with E-state index in [0.717, 1.165) is 12.1 Å². The lowest BCUT2D eigenvalue weighted by Gasteiger charge is -2.26. The number of hydrogen-bond acceptors (Lipinski definition) is 5. The van der Waals surface area contributed by atoms with Crippen LogP contribution in [-0.4, -0.2) is 31.0 Å². The van der Waals surface area contributed by atoms with Gasteiger partial charge in [0, 0.05) is 5.02 Å². The van der Waals surface area contributed by atoms with Crippen molar-refractivity contribution < 1.29 is 26.5 Å². The van der Waals surface area contributed by atoms with Gasteiger partial charge in [0.05, 0.1) is 6.61 Å². The summed E-state index contributed by atoms with van der Waals surface area (Å²) >= 11 is 5.94. The molecule has 0 spiro atoms. The Labute approximate surface area is 133 Å². The summed E-state index contributed by atoms with van der Waals surface area (Å²) in [5.74, 6) is -0.570. The fourth-order valence-electron chi connectivity index (χ4n) is 1.94. The molecule has 0 bridgehead atoms. The van der Waals surface area contributed by atoms with E-state index in [1.54, 1.807) is 20.8 Å². The molecule has 122 valence electrons. The summed E-state index contributed by atoms with van der Waals surface area (Å²) in [7, 11) is -4.28. The Bertz CT molecular complexity index is 701. The molecule has 0 saturated carbocycles. The van der Waals surface area contributed by atoms with Gasteiger partial charge in [0.2, 0.25) is 0 Å². The maximum atomic E-state index is 13.1. The molecule has 1 heterocycles. The van der Waals surface area contributed by atoms with Crippen molar-refractivity contribution in [1.29, 1.82) is 0 Å². The van der Waals surface area contributed by atoms with Gasteiger partial charge in [-0.2, -0.15) is 12.7 Å².